The van der Waals surface area contributed by atoms with Gasteiger partial charge in [0.05, 0.1) is 60.4 Å². The molecule has 9 aromatic rings. The number of methoxy groups -OCH3 is 3. The number of benzene rings is 6. The highest BCUT2D eigenvalue weighted by molar-refractivity contribution is 6.35. The summed E-state index contributed by atoms with van der Waals surface area (Å²) in [7, 11) is 28.1. The van der Waals surface area contributed by atoms with Crippen LogP contribution in [0, 0.1) is 33.7 Å². The van der Waals surface area contributed by atoms with Gasteiger partial charge in [-0.25, -0.2) is 29.5 Å². The summed E-state index contributed by atoms with van der Waals surface area (Å²) in [6.45, 7) is 20.7. The molecule has 21 heteroatoms. The van der Waals surface area contributed by atoms with Gasteiger partial charge in [0.2, 0.25) is 0 Å². The van der Waals surface area contributed by atoms with Crippen molar-refractivity contribution in [2.45, 2.75) is 137 Å². The summed E-state index contributed by atoms with van der Waals surface area (Å²) in [6.07, 6.45) is 13.9. The van der Waals surface area contributed by atoms with Crippen LogP contribution in [-0.2, 0) is 95.7 Å². The predicted octanol–water partition coefficient (Wildman–Crippen LogP) is 11.1. The minimum absolute atomic E-state index is 0.141. The van der Waals surface area contributed by atoms with Crippen LogP contribution in [0.5, 0.6) is 34.5 Å². The fourth-order valence-corrected chi connectivity index (χ4v) is 13.8. The maximum Gasteiger partial charge on any atom is 0.530 e. The molecule has 0 saturated heterocycles. The van der Waals surface area contributed by atoms with E-state index in [2.05, 4.69) is 210 Å². The average Bonchev–Trinajstić information content (AvgIpc) is 0.783. The van der Waals surface area contributed by atoms with E-state index < -0.39 is 0 Å². The maximum absolute atomic E-state index is 10.0. The molecular formula is C81H99B3N12O6+3. The molecule has 0 atom stereocenters. The van der Waals surface area contributed by atoms with Crippen LogP contribution in [0.1, 0.15) is 163 Å². The van der Waals surface area contributed by atoms with E-state index in [-0.39, 0.29) is 36.1 Å². The molecule has 0 amide bonds. The van der Waals surface area contributed by atoms with Gasteiger partial charge in [-0.3, -0.25) is 13.4 Å². The standard InChI is InChI=1S/C81H99B3N12O6/c1-79(2,3)64-34-52-28-58-40-67(88(10)11)42-60(73(58)97-19)30-54-36-65(80(4,5)6)38-56(77(54)101-47-71-92(17)23-26-95(71)83-50-86)32-62-44-69(90(14)15)45-63(75(62)99-21)33-57-39-66(81(7,8)9)37-55(78(57)102-48-72-93(18)24-27-96(72)84-51-87)31-61-43-68(89(12)13)41-59(74(61)98-20)29-53(35-64)76(52)100-46-70-91(16)22-25-94(70)82-49-85/h22-27,34-45H,28-33,46-48H2,1-21H3/q+3. The van der Waals surface area contributed by atoms with Gasteiger partial charge >= 0.3 is 22.2 Å². The zero-order chi connectivity index (χ0) is 73.9. The molecule has 0 N–H and O–H groups in total. The highest BCUT2D eigenvalue weighted by Crippen LogP contribution is 2.46. The van der Waals surface area contributed by atoms with Crippen molar-refractivity contribution in [3.05, 3.63) is 211 Å². The van der Waals surface area contributed by atoms with Gasteiger partial charge in [0.15, 0.2) is 19.8 Å². The first-order valence-electron chi connectivity index (χ1n) is 34.7. The normalized spacial score (nSPS) is 12.4. The Bertz CT molecular complexity index is 4120. The molecule has 0 spiro atoms. The van der Waals surface area contributed by atoms with Crippen LogP contribution < -0.4 is 56.6 Å². The molecule has 18 nitrogen and oxygen atoms in total. The van der Waals surface area contributed by atoms with E-state index in [0.717, 1.165) is 135 Å². The zero-order valence-electron chi connectivity index (χ0n) is 63.8. The molecule has 525 valence electrons. The second kappa shape index (κ2) is 30.6. The van der Waals surface area contributed by atoms with Crippen LogP contribution in [0.3, 0.4) is 0 Å². The van der Waals surface area contributed by atoms with Crippen molar-refractivity contribution >= 4 is 39.3 Å². The maximum atomic E-state index is 10.0. The van der Waals surface area contributed by atoms with Gasteiger partial charge in [-0.05, 0) is 103 Å². The predicted molar refractivity (Wildman–Crippen MR) is 404 cm³/mol. The Hall–Kier alpha value is -10.2. The van der Waals surface area contributed by atoms with Crippen LogP contribution in [0.15, 0.2) is 110 Å². The Morgan fingerprint density at radius 3 is 0.716 bits per heavy atom. The molecule has 1 aliphatic carbocycles. The molecule has 10 rings (SSSR count). The Morgan fingerprint density at radius 1 is 0.353 bits per heavy atom. The van der Waals surface area contributed by atoms with Crippen LogP contribution in [0.2, 0.25) is 0 Å². The van der Waals surface area contributed by atoms with Crippen LogP contribution in [0.25, 0.3) is 0 Å². The molecule has 6 aromatic carbocycles. The first-order valence-corrected chi connectivity index (χ1v) is 34.7. The van der Waals surface area contributed by atoms with E-state index in [1.165, 1.54) is 22.2 Å². The van der Waals surface area contributed by atoms with Gasteiger partial charge < -0.3 is 43.1 Å². The number of hydrogen-bond acceptors (Lipinski definition) is 12. The molecule has 0 unspecified atom stereocenters. The van der Waals surface area contributed by atoms with Crippen LogP contribution in [0.4, 0.5) is 17.1 Å². The van der Waals surface area contributed by atoms with Crippen molar-refractivity contribution in [1.29, 1.82) is 15.8 Å². The lowest BCUT2D eigenvalue weighted by Gasteiger charge is -2.28. The highest BCUT2D eigenvalue weighted by atomic mass is 16.5. The molecule has 3 heterocycles. The summed E-state index contributed by atoms with van der Waals surface area (Å²) in [4.78, 5) is 6.45. The number of imidazole rings is 3. The van der Waals surface area contributed by atoms with Crippen LogP contribution >= 0.6 is 0 Å². The van der Waals surface area contributed by atoms with E-state index in [4.69, 9.17) is 28.4 Å². The Balaban J connectivity index is 1.34. The lowest BCUT2D eigenvalue weighted by atomic mass is 9.81. The quantitative estimate of drug-likeness (QED) is 0.0748. The molecule has 1 aliphatic rings. The fraction of sp³-hybridized carbons (Fsp3) is 0.407. The van der Waals surface area contributed by atoms with Gasteiger partial charge in [0, 0.05) is 131 Å². The summed E-state index contributed by atoms with van der Waals surface area (Å²) >= 11 is 0. The van der Waals surface area contributed by atoms with Gasteiger partial charge in [0.25, 0.3) is 17.5 Å². The second-order valence-corrected chi connectivity index (χ2v) is 30.6. The third-order valence-corrected chi connectivity index (χ3v) is 19.6. The largest absolute Gasteiger partial charge is 0.530 e. The monoisotopic (exact) mass is 1370 g/mol. The molecule has 0 aliphatic heterocycles. The lowest BCUT2D eigenvalue weighted by molar-refractivity contribution is -0.539. The number of anilines is 3. The number of hydrogen-bond donors (Lipinski definition) is 0. The van der Waals surface area contributed by atoms with Gasteiger partial charge in [-0.15, -0.1) is 0 Å². The topological polar surface area (TPSA) is 163 Å². The number of aromatic nitrogens is 6. The Morgan fingerprint density at radius 2 is 0.549 bits per heavy atom. The average molecular weight is 1370 g/mol. The van der Waals surface area contributed by atoms with Crippen molar-refractivity contribution in [2.24, 2.45) is 21.1 Å². The number of nitrogens with zero attached hydrogens (tertiary/aromatic N) is 12. The molecular weight excluding hydrogens is 1270 g/mol. The third kappa shape index (κ3) is 16.2. The van der Waals surface area contributed by atoms with Crippen molar-refractivity contribution in [3.63, 3.8) is 0 Å². The molecule has 12 bridgehead atoms. The minimum atomic E-state index is -0.317. The SMILES string of the molecule is COc1c2cc(N(C)C)cc1Cc1cc(C(C)(C)C)cc(c1OCc1n(C)cc[n+]1[B]C#N)Cc1cc(N(C)C)cc(c1OC)Cc1cc(C(C)(C)C)cc(c1OCc1n(C)cc[n+]1[B]C#N)Cc1cc(N(C)C)cc(c1OC)Cc1cc(C(C)(C)C)cc(c1OCc1n(C)cc[n+]1[B]C#N)C2. The summed E-state index contributed by atoms with van der Waals surface area (Å²) in [5.74, 6) is 13.4. The Labute approximate surface area is 607 Å². The molecule has 0 saturated carbocycles. The first-order chi connectivity index (χ1) is 48.4. The summed E-state index contributed by atoms with van der Waals surface area (Å²) in [5, 5.41) is 30.1. The molecule has 0 fully saturated rings. The lowest BCUT2D eigenvalue weighted by Crippen LogP contribution is -2.42. The molecule has 102 heavy (non-hydrogen) atoms. The van der Waals surface area contributed by atoms with Gasteiger partial charge in [-0.2, -0.15) is 0 Å². The summed E-state index contributed by atoms with van der Waals surface area (Å²) in [5.41, 5.74) is 16.9. The number of nitriles is 3. The number of fused-ring (bicyclic) bond motifs is 12. The van der Waals surface area contributed by atoms with E-state index >= 15 is 0 Å². The summed E-state index contributed by atoms with van der Waals surface area (Å²) < 4.78 is 54.0. The van der Waals surface area contributed by atoms with E-state index in [1.54, 1.807) is 21.3 Å². The van der Waals surface area contributed by atoms with Crippen molar-refractivity contribution in [2.75, 3.05) is 78.3 Å². The van der Waals surface area contributed by atoms with Crippen molar-refractivity contribution in [3.8, 4) is 52.4 Å². The van der Waals surface area contributed by atoms with E-state index in [9.17, 15) is 15.8 Å². The third-order valence-electron chi connectivity index (χ3n) is 19.6. The van der Waals surface area contributed by atoms with Gasteiger partial charge in [0.1, 0.15) is 71.7 Å². The second-order valence-electron chi connectivity index (χ2n) is 30.6. The zero-order valence-corrected chi connectivity index (χ0v) is 63.8. The smallest absolute Gasteiger partial charge is 0.496 e. The number of rotatable bonds is 18. The number of aryl methyl sites for hydroxylation is 3. The van der Waals surface area contributed by atoms with E-state index in [0.29, 0.717) is 55.8 Å². The highest BCUT2D eigenvalue weighted by Gasteiger charge is 2.32. The minimum Gasteiger partial charge on any atom is -0.496 e. The van der Waals surface area contributed by atoms with Crippen molar-refractivity contribution in [1.82, 2.24) is 13.7 Å². The molecule has 3 radical (unpaired) electrons. The van der Waals surface area contributed by atoms with E-state index in [1.807, 2.05) is 85.5 Å². The Kier molecular flexibility index (Phi) is 22.3. The van der Waals surface area contributed by atoms with Gasteiger partial charge in [-0.1, -0.05) is 98.7 Å². The summed E-state index contributed by atoms with van der Waals surface area (Å²) in [6, 6.07) is 27.2. The number of ether oxygens (including phenoxy) is 6. The van der Waals surface area contributed by atoms with Crippen LogP contribution in [-0.4, -0.2) is 99.6 Å². The first kappa shape index (κ1) is 74.5. The van der Waals surface area contributed by atoms with Crippen molar-refractivity contribution < 1.29 is 41.9 Å². The molecule has 3 aromatic heterocycles. The fourth-order valence-electron chi connectivity index (χ4n) is 13.8.